The molecule has 0 bridgehead atoms. The minimum absolute atomic E-state index is 0.00926. The van der Waals surface area contributed by atoms with Gasteiger partial charge in [-0.25, -0.2) is 0 Å². The molecule has 0 spiro atoms. The van der Waals surface area contributed by atoms with Gasteiger partial charge in [-0.1, -0.05) is 6.92 Å². The first kappa shape index (κ1) is 1.50. The van der Waals surface area contributed by atoms with Crippen molar-refractivity contribution in [3.05, 3.63) is 31.5 Å². The molecule has 0 atom stereocenters. The fourth-order valence-electron chi connectivity index (χ4n) is 0.281. The Labute approximate surface area is 45.2 Å². The van der Waals surface area contributed by atoms with Crippen LogP contribution in [0.5, 0.6) is 0 Å². The van der Waals surface area contributed by atoms with E-state index >= 15 is 0 Å². The van der Waals surface area contributed by atoms with E-state index in [0.717, 1.165) is 0 Å². The van der Waals surface area contributed by atoms with Crippen LogP contribution in [-0.2, 0) is 0 Å². The lowest BCUT2D eigenvalue weighted by Gasteiger charge is -1.89. The molecule has 0 saturated heterocycles. The van der Waals surface area contributed by atoms with Gasteiger partial charge in [-0.2, -0.15) is 0 Å². The zero-order valence-electron chi connectivity index (χ0n) is 7.50. The summed E-state index contributed by atoms with van der Waals surface area (Å²) in [5, 5.41) is 0. The fraction of sp³-hybridized carbons (Fsp3) is 0.167. The van der Waals surface area contributed by atoms with Crippen LogP contribution in [-0.4, -0.2) is 0 Å². The van der Waals surface area contributed by atoms with E-state index in [4.69, 9.17) is 5.48 Å². The van der Waals surface area contributed by atoms with E-state index in [1.54, 1.807) is 6.92 Å². The third-order valence-corrected chi connectivity index (χ3v) is 0.562. The van der Waals surface area contributed by atoms with E-state index in [1.807, 2.05) is 0 Å². The van der Waals surface area contributed by atoms with Crippen LogP contribution in [0.4, 0.5) is 0 Å². The van der Waals surface area contributed by atoms with Crippen molar-refractivity contribution in [1.29, 1.82) is 0 Å². The van der Waals surface area contributed by atoms with Gasteiger partial charge in [0.1, 0.15) is 0 Å². The Morgan fingerprint density at radius 3 is 2.17 bits per heavy atom. The summed E-state index contributed by atoms with van der Waals surface area (Å²) >= 11 is 0. The summed E-state index contributed by atoms with van der Waals surface area (Å²) in [6.07, 6.45) is -0.255. The molecular formula is C6H7. The van der Waals surface area contributed by atoms with Crippen LogP contribution in [0.3, 0.4) is 0 Å². The van der Waals surface area contributed by atoms with Gasteiger partial charge in [-0.3, -0.25) is 0 Å². The van der Waals surface area contributed by atoms with Crippen LogP contribution in [0, 0.1) is 31.5 Å². The standard InChI is InChI=1S/C6H7/c1-6-4-2-3-5-6/h2-5H,1H3/i2D,3D,4D,5D. The lowest BCUT2D eigenvalue weighted by molar-refractivity contribution is 1.25. The Balaban J connectivity index is 2.68. The molecule has 0 aromatic heterocycles. The molecule has 6 heavy (non-hydrogen) atoms. The van der Waals surface area contributed by atoms with E-state index in [9.17, 15) is 0 Å². The predicted octanol–water partition coefficient (Wildman–Crippen LogP) is 1.41. The number of hydrogen-bond donors (Lipinski definition) is 0. The van der Waals surface area contributed by atoms with Gasteiger partial charge in [0.2, 0.25) is 0 Å². The molecular weight excluding hydrogens is 72.1 g/mol. The van der Waals surface area contributed by atoms with Crippen molar-refractivity contribution in [2.45, 2.75) is 6.92 Å². The Hall–Kier alpha value is 0. The van der Waals surface area contributed by atoms with E-state index < -0.39 is 0 Å². The molecule has 31 valence electrons. The first-order chi connectivity index (χ1) is 4.55. The van der Waals surface area contributed by atoms with Crippen molar-refractivity contribution in [3.63, 3.8) is 0 Å². The second-order valence-corrected chi connectivity index (χ2v) is 1.12. The Morgan fingerprint density at radius 1 is 1.50 bits per heavy atom. The highest BCUT2D eigenvalue weighted by molar-refractivity contribution is 5.33. The van der Waals surface area contributed by atoms with Gasteiger partial charge in [0.15, 0.2) is 0 Å². The van der Waals surface area contributed by atoms with Crippen molar-refractivity contribution >= 4 is 0 Å². The molecule has 0 aromatic rings. The molecule has 0 aliphatic heterocycles. The highest BCUT2D eigenvalue weighted by atomic mass is 14.1. The molecule has 0 N–H and O–H groups in total. The molecule has 0 aromatic carbocycles. The first-order valence-electron chi connectivity index (χ1n) is 3.75. The zero-order valence-corrected chi connectivity index (χ0v) is 3.50. The van der Waals surface area contributed by atoms with Gasteiger partial charge in [-0.15, -0.1) is 0 Å². The van der Waals surface area contributed by atoms with E-state index in [0.29, 0.717) is 5.92 Å². The third kappa shape index (κ3) is 0.735. The van der Waals surface area contributed by atoms with Gasteiger partial charge in [-0.05, 0) is 31.5 Å². The summed E-state index contributed by atoms with van der Waals surface area (Å²) in [4.78, 5) is 0. The molecule has 1 aliphatic rings. The van der Waals surface area contributed by atoms with Gasteiger partial charge >= 0.3 is 0 Å². The summed E-state index contributed by atoms with van der Waals surface area (Å²) < 4.78 is 28.6. The quantitative estimate of drug-likeness (QED) is 0.415. The number of rotatable bonds is 0. The largest absolute Gasteiger partial charge is 0.0585 e. The molecule has 0 amide bonds. The average Bonchev–Trinajstić information content (AvgIpc) is 2.07. The molecule has 1 aliphatic carbocycles. The maximum absolute atomic E-state index is 7.18. The van der Waals surface area contributed by atoms with Crippen LogP contribution >= 0.6 is 0 Å². The normalized spacial score (nSPS) is 48.2. The molecule has 0 unspecified atom stereocenters. The van der Waals surface area contributed by atoms with E-state index in [1.165, 1.54) is 0 Å². The van der Waals surface area contributed by atoms with Crippen LogP contribution in [0.25, 0.3) is 0 Å². The van der Waals surface area contributed by atoms with Crippen LogP contribution in [0.1, 0.15) is 12.4 Å². The molecule has 1 saturated carbocycles. The van der Waals surface area contributed by atoms with Crippen molar-refractivity contribution in [3.8, 4) is 0 Å². The summed E-state index contributed by atoms with van der Waals surface area (Å²) in [6.45, 7) is 1.58. The van der Waals surface area contributed by atoms with Crippen LogP contribution in [0.2, 0.25) is 0 Å². The van der Waals surface area contributed by atoms with E-state index in [2.05, 4.69) is 0 Å². The molecule has 5 radical (unpaired) electrons. The SMILES string of the molecule is [2H][C]1[C]([2H])[C]([2H])[C](C)[C]1[2H]. The van der Waals surface area contributed by atoms with E-state index in [-0.39, 0.29) is 25.6 Å². The van der Waals surface area contributed by atoms with Crippen molar-refractivity contribution < 1.29 is 5.48 Å². The van der Waals surface area contributed by atoms with Crippen molar-refractivity contribution in [2.75, 3.05) is 0 Å². The lowest BCUT2D eigenvalue weighted by Crippen LogP contribution is -1.77. The highest BCUT2D eigenvalue weighted by Crippen LogP contribution is 2.20. The Kier molecular flexibility index (Phi) is 0.408. The minimum atomic E-state index is -0.137. The smallest absolute Gasteiger partial charge is 0.0315 e. The third-order valence-electron chi connectivity index (χ3n) is 0.562. The Bertz CT molecular complexity index is 82.1. The maximum Gasteiger partial charge on any atom is 0.0315 e. The summed E-state index contributed by atoms with van der Waals surface area (Å²) in [7, 11) is 0. The second-order valence-electron chi connectivity index (χ2n) is 1.12. The second kappa shape index (κ2) is 1.63. The molecule has 0 heterocycles. The van der Waals surface area contributed by atoms with Gasteiger partial charge in [0.25, 0.3) is 0 Å². The summed E-state index contributed by atoms with van der Waals surface area (Å²) in [5.74, 6) is 0.426. The molecule has 0 nitrogen and oxygen atoms in total. The van der Waals surface area contributed by atoms with Crippen LogP contribution < -0.4 is 0 Å². The van der Waals surface area contributed by atoms with Gasteiger partial charge in [0, 0.05) is 5.48 Å². The monoisotopic (exact) mass is 83.1 g/mol. The lowest BCUT2D eigenvalue weighted by atomic mass is 10.2. The molecule has 1 fully saturated rings. The first-order valence-corrected chi connectivity index (χ1v) is 1.75. The predicted molar refractivity (Wildman–Crippen MR) is 26.1 cm³/mol. The van der Waals surface area contributed by atoms with Gasteiger partial charge in [0.05, 0.1) is 0 Å². The average molecular weight is 83.1 g/mol. The zero-order chi connectivity index (χ0) is 7.89. The Morgan fingerprint density at radius 2 is 2.00 bits per heavy atom. The van der Waals surface area contributed by atoms with Gasteiger partial charge < -0.3 is 0 Å². The van der Waals surface area contributed by atoms with Crippen molar-refractivity contribution in [2.24, 2.45) is 0 Å². The highest BCUT2D eigenvalue weighted by Gasteiger charge is 2.09. The van der Waals surface area contributed by atoms with Crippen LogP contribution in [0.15, 0.2) is 0 Å². The topological polar surface area (TPSA) is 0 Å². The molecule has 1 rings (SSSR count). The molecule has 0 heteroatoms. The number of hydrogen-bond acceptors (Lipinski definition) is 0. The minimum Gasteiger partial charge on any atom is -0.0585 e. The van der Waals surface area contributed by atoms with Crippen molar-refractivity contribution in [1.82, 2.24) is 0 Å². The summed E-state index contributed by atoms with van der Waals surface area (Å²) in [6, 6.07) is 0. The summed E-state index contributed by atoms with van der Waals surface area (Å²) in [5.41, 5.74) is 0. The maximum atomic E-state index is 7.18. The fourth-order valence-corrected chi connectivity index (χ4v) is 0.281.